The molecule has 0 bridgehead atoms. The molecule has 1 rings (SSSR count). The minimum atomic E-state index is 0.528. The van der Waals surface area contributed by atoms with E-state index >= 15 is 0 Å². The molecule has 3 heteroatoms. The van der Waals surface area contributed by atoms with Crippen molar-refractivity contribution in [2.24, 2.45) is 0 Å². The zero-order valence-electron chi connectivity index (χ0n) is 9.08. The Morgan fingerprint density at radius 2 is 2.21 bits per heavy atom. The summed E-state index contributed by atoms with van der Waals surface area (Å²) in [5.74, 6) is 0.687. The van der Waals surface area contributed by atoms with Gasteiger partial charge in [0, 0.05) is 30.8 Å². The van der Waals surface area contributed by atoms with Gasteiger partial charge in [-0.05, 0) is 6.07 Å². The van der Waals surface area contributed by atoms with Gasteiger partial charge in [-0.2, -0.15) is 0 Å². The maximum absolute atomic E-state index is 5.05. The summed E-state index contributed by atoms with van der Waals surface area (Å²) in [4.78, 5) is 4.33. The van der Waals surface area contributed by atoms with E-state index in [0.29, 0.717) is 11.9 Å². The number of ether oxygens (including phenoxy) is 1. The number of aromatic nitrogens is 1. The van der Waals surface area contributed by atoms with Gasteiger partial charge in [0.05, 0.1) is 7.11 Å². The second-order valence-electron chi connectivity index (χ2n) is 3.53. The Hall–Kier alpha value is -1.09. The van der Waals surface area contributed by atoms with Crippen LogP contribution < -0.4 is 10.1 Å². The van der Waals surface area contributed by atoms with Crippen LogP contribution in [0.3, 0.4) is 0 Å². The number of nitrogens with one attached hydrogen (secondary N) is 1. The average molecular weight is 194 g/mol. The molecular formula is C11H18N2O. The topological polar surface area (TPSA) is 34.1 Å². The summed E-state index contributed by atoms with van der Waals surface area (Å²) >= 11 is 0. The third-order valence-electron chi connectivity index (χ3n) is 1.92. The highest BCUT2D eigenvalue weighted by Crippen LogP contribution is 2.06. The van der Waals surface area contributed by atoms with Crippen molar-refractivity contribution in [2.45, 2.75) is 26.3 Å². The van der Waals surface area contributed by atoms with E-state index in [1.807, 2.05) is 18.2 Å². The van der Waals surface area contributed by atoms with Gasteiger partial charge in [-0.1, -0.05) is 19.9 Å². The summed E-state index contributed by atoms with van der Waals surface area (Å²) in [7, 11) is 1.64. The Morgan fingerprint density at radius 1 is 1.43 bits per heavy atom. The van der Waals surface area contributed by atoms with E-state index in [4.69, 9.17) is 4.74 Å². The molecule has 0 saturated carbocycles. The fourth-order valence-electron chi connectivity index (χ4n) is 1.20. The maximum atomic E-state index is 5.05. The number of nitrogens with zero attached hydrogens (tertiary/aromatic N) is 1. The van der Waals surface area contributed by atoms with Gasteiger partial charge in [-0.3, -0.25) is 0 Å². The Kier molecular flexibility index (Phi) is 4.40. The Bertz CT molecular complexity index is 274. The molecule has 0 amide bonds. The fourth-order valence-corrected chi connectivity index (χ4v) is 1.20. The van der Waals surface area contributed by atoms with E-state index in [1.165, 1.54) is 0 Å². The van der Waals surface area contributed by atoms with Crippen molar-refractivity contribution >= 4 is 0 Å². The first-order chi connectivity index (χ1) is 6.72. The molecule has 1 aromatic rings. The molecule has 0 spiro atoms. The van der Waals surface area contributed by atoms with Crippen molar-refractivity contribution in [3.05, 3.63) is 23.9 Å². The predicted octanol–water partition coefficient (Wildman–Crippen LogP) is 1.63. The molecule has 0 atom stereocenters. The molecule has 1 N–H and O–H groups in total. The lowest BCUT2D eigenvalue weighted by Gasteiger charge is -2.07. The van der Waals surface area contributed by atoms with E-state index in [9.17, 15) is 0 Å². The molecule has 0 fully saturated rings. The van der Waals surface area contributed by atoms with Gasteiger partial charge in [-0.25, -0.2) is 4.98 Å². The van der Waals surface area contributed by atoms with Crippen molar-refractivity contribution in [2.75, 3.05) is 13.7 Å². The van der Waals surface area contributed by atoms with E-state index in [2.05, 4.69) is 24.1 Å². The molecule has 1 heterocycles. The highest BCUT2D eigenvalue weighted by Gasteiger charge is 1.98. The maximum Gasteiger partial charge on any atom is 0.213 e. The summed E-state index contributed by atoms with van der Waals surface area (Å²) in [6.07, 6.45) is 0.940. The van der Waals surface area contributed by atoms with E-state index in [-0.39, 0.29) is 0 Å². The molecule has 0 radical (unpaired) electrons. The SMILES string of the molecule is COc1cccc(CCNC(C)C)n1. The average Bonchev–Trinajstić information content (AvgIpc) is 2.18. The van der Waals surface area contributed by atoms with E-state index < -0.39 is 0 Å². The Morgan fingerprint density at radius 3 is 2.86 bits per heavy atom. The van der Waals surface area contributed by atoms with E-state index in [0.717, 1.165) is 18.7 Å². The Balaban J connectivity index is 2.42. The summed E-state index contributed by atoms with van der Waals surface area (Å²) in [6, 6.07) is 6.38. The van der Waals surface area contributed by atoms with Gasteiger partial charge in [0.2, 0.25) is 5.88 Å². The summed E-state index contributed by atoms with van der Waals surface area (Å²) < 4.78 is 5.05. The van der Waals surface area contributed by atoms with Crippen LogP contribution in [0.5, 0.6) is 5.88 Å². The van der Waals surface area contributed by atoms with E-state index in [1.54, 1.807) is 7.11 Å². The normalized spacial score (nSPS) is 10.6. The van der Waals surface area contributed by atoms with Crippen LogP contribution in [0.4, 0.5) is 0 Å². The van der Waals surface area contributed by atoms with Crippen molar-refractivity contribution in [1.82, 2.24) is 10.3 Å². The van der Waals surface area contributed by atoms with Crippen LogP contribution in [0, 0.1) is 0 Å². The van der Waals surface area contributed by atoms with Crippen LogP contribution in [0.1, 0.15) is 19.5 Å². The molecule has 78 valence electrons. The standard InChI is InChI=1S/C11H18N2O/c1-9(2)12-8-7-10-5-4-6-11(13-10)14-3/h4-6,9,12H,7-8H2,1-3H3. The monoisotopic (exact) mass is 194 g/mol. The number of methoxy groups -OCH3 is 1. The lowest BCUT2D eigenvalue weighted by molar-refractivity contribution is 0.396. The lowest BCUT2D eigenvalue weighted by atomic mass is 10.2. The van der Waals surface area contributed by atoms with Gasteiger partial charge in [-0.15, -0.1) is 0 Å². The van der Waals surface area contributed by atoms with Crippen LogP contribution in [0.25, 0.3) is 0 Å². The first-order valence-corrected chi connectivity index (χ1v) is 4.95. The van der Waals surface area contributed by atoms with Crippen LogP contribution in [-0.4, -0.2) is 24.7 Å². The molecule has 0 aliphatic heterocycles. The summed E-state index contributed by atoms with van der Waals surface area (Å²) in [5, 5.41) is 3.35. The largest absolute Gasteiger partial charge is 0.481 e. The quantitative estimate of drug-likeness (QED) is 0.773. The van der Waals surface area contributed by atoms with Gasteiger partial charge >= 0.3 is 0 Å². The highest BCUT2D eigenvalue weighted by molar-refractivity contribution is 5.15. The highest BCUT2D eigenvalue weighted by atomic mass is 16.5. The Labute approximate surface area is 85.5 Å². The predicted molar refractivity (Wildman–Crippen MR) is 57.6 cm³/mol. The third-order valence-corrected chi connectivity index (χ3v) is 1.92. The van der Waals surface area contributed by atoms with Crippen molar-refractivity contribution < 1.29 is 4.74 Å². The molecule has 14 heavy (non-hydrogen) atoms. The fraction of sp³-hybridized carbons (Fsp3) is 0.545. The van der Waals surface area contributed by atoms with Crippen LogP contribution in [0.2, 0.25) is 0 Å². The molecule has 0 aliphatic rings. The molecule has 0 aliphatic carbocycles. The van der Waals surface area contributed by atoms with Gasteiger partial charge in [0.1, 0.15) is 0 Å². The molecule has 0 saturated heterocycles. The minimum Gasteiger partial charge on any atom is -0.481 e. The van der Waals surface area contributed by atoms with Crippen LogP contribution >= 0.6 is 0 Å². The number of hydrogen-bond donors (Lipinski definition) is 1. The second kappa shape index (κ2) is 5.60. The molecule has 1 aromatic heterocycles. The van der Waals surface area contributed by atoms with Crippen LogP contribution in [0.15, 0.2) is 18.2 Å². The second-order valence-corrected chi connectivity index (χ2v) is 3.53. The number of hydrogen-bond acceptors (Lipinski definition) is 3. The molecule has 3 nitrogen and oxygen atoms in total. The number of rotatable bonds is 5. The van der Waals surface area contributed by atoms with Crippen LogP contribution in [-0.2, 0) is 6.42 Å². The third kappa shape index (κ3) is 3.75. The lowest BCUT2D eigenvalue weighted by Crippen LogP contribution is -2.25. The molecule has 0 unspecified atom stereocenters. The first-order valence-electron chi connectivity index (χ1n) is 4.95. The summed E-state index contributed by atoms with van der Waals surface area (Å²) in [5.41, 5.74) is 1.07. The zero-order chi connectivity index (χ0) is 10.4. The van der Waals surface area contributed by atoms with Gasteiger partial charge < -0.3 is 10.1 Å². The van der Waals surface area contributed by atoms with Gasteiger partial charge in [0.25, 0.3) is 0 Å². The van der Waals surface area contributed by atoms with Gasteiger partial charge in [0.15, 0.2) is 0 Å². The van der Waals surface area contributed by atoms with Crippen molar-refractivity contribution in [3.8, 4) is 5.88 Å². The number of pyridine rings is 1. The molecular weight excluding hydrogens is 176 g/mol. The first kappa shape index (κ1) is 11.0. The zero-order valence-corrected chi connectivity index (χ0v) is 9.08. The minimum absolute atomic E-state index is 0.528. The van der Waals surface area contributed by atoms with Crippen molar-refractivity contribution in [3.63, 3.8) is 0 Å². The summed E-state index contributed by atoms with van der Waals surface area (Å²) in [6.45, 7) is 5.23. The smallest absolute Gasteiger partial charge is 0.213 e. The molecule has 0 aromatic carbocycles. The van der Waals surface area contributed by atoms with Crippen molar-refractivity contribution in [1.29, 1.82) is 0 Å².